The molecule has 104 valence electrons. The smallest absolute Gasteiger partial charge is 0 e. The largest absolute Gasteiger partial charge is 0.358 e. The van der Waals surface area contributed by atoms with Crippen molar-refractivity contribution in [3.05, 3.63) is 81.1 Å². The SMILES string of the molecule is CCc1ccccc1-c1cccc2[cH-]ccc12.[CH3-].[CH3-].[Hf]. The Morgan fingerprint density at radius 1 is 0.850 bits per heavy atom. The molecule has 0 unspecified atom stereocenters. The molecule has 0 atom stereocenters. The van der Waals surface area contributed by atoms with Crippen LogP contribution in [0.25, 0.3) is 21.9 Å². The molecule has 20 heavy (non-hydrogen) atoms. The van der Waals surface area contributed by atoms with Crippen molar-refractivity contribution in [3.8, 4) is 11.1 Å². The van der Waals surface area contributed by atoms with E-state index in [2.05, 4.69) is 67.6 Å². The molecule has 0 N–H and O–H groups in total. The van der Waals surface area contributed by atoms with Crippen LogP contribution in [0.4, 0.5) is 0 Å². The number of aryl methyl sites for hydroxylation is 1. The van der Waals surface area contributed by atoms with Crippen molar-refractivity contribution >= 4 is 10.8 Å². The van der Waals surface area contributed by atoms with E-state index in [4.69, 9.17) is 0 Å². The standard InChI is InChI=1S/C17H15.2CH3.Hf/c1-2-13-7-3-4-10-15(13)17-12-6-9-14-8-5-11-16(14)17;;;/h3-12H,2H2,1H3;2*1H3;/q3*-1;. The average molecular weight is 428 g/mol. The van der Waals surface area contributed by atoms with E-state index in [1.165, 1.54) is 27.5 Å². The van der Waals surface area contributed by atoms with Crippen molar-refractivity contribution in [2.75, 3.05) is 0 Å². The first kappa shape index (κ1) is 18.9. The Labute approximate surface area is 142 Å². The van der Waals surface area contributed by atoms with Gasteiger partial charge in [-0.15, -0.1) is 29.0 Å². The van der Waals surface area contributed by atoms with Crippen molar-refractivity contribution in [2.45, 2.75) is 13.3 Å². The van der Waals surface area contributed by atoms with Gasteiger partial charge in [-0.25, -0.2) is 0 Å². The second-order valence-corrected chi connectivity index (χ2v) is 4.34. The molecule has 0 nitrogen and oxygen atoms in total. The molecule has 0 radical (unpaired) electrons. The van der Waals surface area contributed by atoms with Gasteiger partial charge in [-0.05, 0) is 17.5 Å². The van der Waals surface area contributed by atoms with Gasteiger partial charge in [-0.2, -0.15) is 12.1 Å². The quantitative estimate of drug-likeness (QED) is 0.364. The van der Waals surface area contributed by atoms with Gasteiger partial charge in [0.05, 0.1) is 0 Å². The van der Waals surface area contributed by atoms with E-state index in [-0.39, 0.29) is 40.7 Å². The molecule has 0 fully saturated rings. The molecule has 0 amide bonds. The van der Waals surface area contributed by atoms with Gasteiger partial charge < -0.3 is 14.9 Å². The first-order valence-corrected chi connectivity index (χ1v) is 6.13. The Bertz CT molecular complexity index is 649. The fourth-order valence-corrected chi connectivity index (χ4v) is 2.49. The van der Waals surface area contributed by atoms with Gasteiger partial charge in [0.1, 0.15) is 0 Å². The Morgan fingerprint density at radius 2 is 1.55 bits per heavy atom. The van der Waals surface area contributed by atoms with Crippen LogP contribution in [-0.2, 0) is 32.3 Å². The predicted octanol–water partition coefficient (Wildman–Crippen LogP) is 5.69. The van der Waals surface area contributed by atoms with E-state index in [1.807, 2.05) is 0 Å². The normalized spacial score (nSPS) is 9.25. The van der Waals surface area contributed by atoms with Gasteiger partial charge in [0.25, 0.3) is 0 Å². The van der Waals surface area contributed by atoms with Gasteiger partial charge in [0.2, 0.25) is 0 Å². The fourth-order valence-electron chi connectivity index (χ4n) is 2.49. The van der Waals surface area contributed by atoms with E-state index < -0.39 is 0 Å². The number of hydrogen-bond donors (Lipinski definition) is 0. The zero-order valence-corrected chi connectivity index (χ0v) is 16.1. The summed E-state index contributed by atoms with van der Waals surface area (Å²) in [5.41, 5.74) is 4.14. The number of benzene rings is 2. The van der Waals surface area contributed by atoms with Crippen LogP contribution in [-0.4, -0.2) is 0 Å². The minimum atomic E-state index is 0. The monoisotopic (exact) mass is 429 g/mol. The molecule has 3 aromatic rings. The van der Waals surface area contributed by atoms with Gasteiger partial charge in [-0.3, -0.25) is 0 Å². The third-order valence-corrected chi connectivity index (χ3v) is 3.37. The molecular formula is C19H21Hf-3. The van der Waals surface area contributed by atoms with Gasteiger partial charge in [-0.1, -0.05) is 42.8 Å². The number of rotatable bonds is 2. The van der Waals surface area contributed by atoms with E-state index >= 15 is 0 Å². The number of fused-ring (bicyclic) bond motifs is 1. The molecule has 0 bridgehead atoms. The van der Waals surface area contributed by atoms with Crippen LogP contribution >= 0.6 is 0 Å². The van der Waals surface area contributed by atoms with Crippen molar-refractivity contribution in [3.63, 3.8) is 0 Å². The minimum absolute atomic E-state index is 0. The summed E-state index contributed by atoms with van der Waals surface area (Å²) in [5, 5.41) is 2.68. The van der Waals surface area contributed by atoms with E-state index in [9.17, 15) is 0 Å². The summed E-state index contributed by atoms with van der Waals surface area (Å²) in [4.78, 5) is 0. The van der Waals surface area contributed by atoms with Gasteiger partial charge in [0, 0.05) is 25.8 Å². The summed E-state index contributed by atoms with van der Waals surface area (Å²) in [6, 6.07) is 21.7. The molecule has 0 aliphatic rings. The average Bonchev–Trinajstić information content (AvgIpc) is 2.86. The molecule has 0 aromatic heterocycles. The van der Waals surface area contributed by atoms with Gasteiger partial charge in [0.15, 0.2) is 0 Å². The van der Waals surface area contributed by atoms with Crippen molar-refractivity contribution in [1.82, 2.24) is 0 Å². The maximum Gasteiger partial charge on any atom is 0 e. The molecule has 1 heteroatoms. The topological polar surface area (TPSA) is 0 Å². The molecule has 0 saturated carbocycles. The van der Waals surface area contributed by atoms with Crippen LogP contribution in [0.1, 0.15) is 12.5 Å². The molecular weight excluding hydrogens is 407 g/mol. The van der Waals surface area contributed by atoms with E-state index in [1.54, 1.807) is 0 Å². The van der Waals surface area contributed by atoms with Crippen LogP contribution in [0.5, 0.6) is 0 Å². The Morgan fingerprint density at radius 3 is 2.30 bits per heavy atom. The summed E-state index contributed by atoms with van der Waals surface area (Å²) in [5.74, 6) is 0. The Balaban J connectivity index is 0.00000120. The first-order valence-electron chi connectivity index (χ1n) is 6.13. The second-order valence-electron chi connectivity index (χ2n) is 4.34. The number of hydrogen-bond acceptors (Lipinski definition) is 0. The molecule has 0 spiro atoms. The summed E-state index contributed by atoms with van der Waals surface area (Å²) in [6.07, 6.45) is 1.08. The summed E-state index contributed by atoms with van der Waals surface area (Å²) >= 11 is 0. The third-order valence-electron chi connectivity index (χ3n) is 3.37. The fraction of sp³-hybridized carbons (Fsp3) is 0.105. The third kappa shape index (κ3) is 3.32. The van der Waals surface area contributed by atoms with Crippen LogP contribution < -0.4 is 0 Å². The Hall–Kier alpha value is -1.08. The summed E-state index contributed by atoms with van der Waals surface area (Å²) in [7, 11) is 0. The van der Waals surface area contributed by atoms with Crippen LogP contribution in [0.3, 0.4) is 0 Å². The maximum atomic E-state index is 2.22. The summed E-state index contributed by atoms with van der Waals surface area (Å²) in [6.45, 7) is 2.21. The molecule has 0 aliphatic carbocycles. The van der Waals surface area contributed by atoms with Crippen LogP contribution in [0.2, 0.25) is 0 Å². The second kappa shape index (κ2) is 8.26. The van der Waals surface area contributed by atoms with E-state index in [0.717, 1.165) is 6.42 Å². The summed E-state index contributed by atoms with van der Waals surface area (Å²) < 4.78 is 0. The molecule has 0 saturated heterocycles. The molecule has 0 heterocycles. The van der Waals surface area contributed by atoms with E-state index in [0.29, 0.717) is 0 Å². The predicted molar refractivity (Wildman–Crippen MR) is 87.2 cm³/mol. The minimum Gasteiger partial charge on any atom is -0.358 e. The first-order chi connectivity index (χ1) is 8.40. The Kier molecular flexibility index (Phi) is 7.82. The molecule has 0 aliphatic heterocycles. The van der Waals surface area contributed by atoms with Crippen LogP contribution in [0.15, 0.2) is 60.7 Å². The van der Waals surface area contributed by atoms with Crippen LogP contribution in [0, 0.1) is 14.9 Å². The van der Waals surface area contributed by atoms with Crippen molar-refractivity contribution in [1.29, 1.82) is 0 Å². The molecule has 3 rings (SSSR count). The maximum absolute atomic E-state index is 2.22. The van der Waals surface area contributed by atoms with Gasteiger partial charge >= 0.3 is 0 Å². The molecule has 3 aromatic carbocycles. The van der Waals surface area contributed by atoms with Crippen molar-refractivity contribution < 1.29 is 25.8 Å². The van der Waals surface area contributed by atoms with Crippen molar-refractivity contribution in [2.24, 2.45) is 0 Å². The zero-order chi connectivity index (χ0) is 11.7. The zero-order valence-electron chi connectivity index (χ0n) is 12.5.